The summed E-state index contributed by atoms with van der Waals surface area (Å²) >= 11 is 1.58. The Bertz CT molecular complexity index is 914. The van der Waals surface area contributed by atoms with Crippen LogP contribution in [0.3, 0.4) is 0 Å². The minimum absolute atomic E-state index is 0.225. The maximum Gasteiger partial charge on any atom is 0.263 e. The first-order valence-corrected chi connectivity index (χ1v) is 9.25. The summed E-state index contributed by atoms with van der Waals surface area (Å²) in [5.41, 5.74) is 3.00. The van der Waals surface area contributed by atoms with Crippen molar-refractivity contribution in [2.75, 3.05) is 5.32 Å². The maximum atomic E-state index is 12.8. The van der Waals surface area contributed by atoms with Crippen molar-refractivity contribution < 1.29 is 9.32 Å². The minimum atomic E-state index is -0.225. The summed E-state index contributed by atoms with van der Waals surface area (Å²) in [6.45, 7) is 4.03. The van der Waals surface area contributed by atoms with Gasteiger partial charge in [-0.1, -0.05) is 42.4 Å². The Labute approximate surface area is 150 Å². The minimum Gasteiger partial charge on any atom is -0.355 e. The van der Waals surface area contributed by atoms with Crippen molar-refractivity contribution >= 4 is 22.4 Å². The van der Waals surface area contributed by atoms with Crippen LogP contribution in [0.4, 0.5) is 5.13 Å². The zero-order chi connectivity index (χ0) is 17.4. The molecule has 2 heterocycles. The summed E-state index contributed by atoms with van der Waals surface area (Å²) < 4.78 is 5.41. The van der Waals surface area contributed by atoms with Crippen molar-refractivity contribution in [1.29, 1.82) is 0 Å². The molecule has 1 N–H and O–H groups in total. The first-order valence-electron chi connectivity index (χ1n) is 8.43. The molecule has 25 heavy (non-hydrogen) atoms. The predicted molar refractivity (Wildman–Crippen MR) is 97.9 cm³/mol. The lowest BCUT2D eigenvalue weighted by Crippen LogP contribution is -2.13. The molecule has 1 aliphatic carbocycles. The van der Waals surface area contributed by atoms with E-state index in [-0.39, 0.29) is 5.91 Å². The van der Waals surface area contributed by atoms with E-state index in [0.29, 0.717) is 28.1 Å². The average Bonchev–Trinajstić information content (AvgIpc) is 3.18. The van der Waals surface area contributed by atoms with E-state index in [1.54, 1.807) is 18.3 Å². The Morgan fingerprint density at radius 1 is 1.32 bits per heavy atom. The number of amides is 1. The smallest absolute Gasteiger partial charge is 0.263 e. The second-order valence-corrected chi connectivity index (χ2v) is 7.61. The highest BCUT2D eigenvalue weighted by atomic mass is 32.1. The summed E-state index contributed by atoms with van der Waals surface area (Å²) in [5, 5.41) is 7.57. The van der Waals surface area contributed by atoms with E-state index >= 15 is 0 Å². The number of anilines is 1. The van der Waals surface area contributed by atoms with Crippen LogP contribution in [0.1, 0.15) is 40.0 Å². The quantitative estimate of drug-likeness (QED) is 0.753. The van der Waals surface area contributed by atoms with E-state index in [1.165, 1.54) is 4.88 Å². The third-order valence-electron chi connectivity index (χ3n) is 4.53. The van der Waals surface area contributed by atoms with Crippen molar-refractivity contribution in [2.45, 2.75) is 33.1 Å². The third-order valence-corrected chi connectivity index (χ3v) is 5.57. The van der Waals surface area contributed by atoms with Crippen LogP contribution in [0.15, 0.2) is 34.9 Å². The number of rotatable bonds is 3. The number of hydrogen-bond donors (Lipinski definition) is 1. The molecule has 0 radical (unpaired) electrons. The fourth-order valence-electron chi connectivity index (χ4n) is 3.18. The van der Waals surface area contributed by atoms with Crippen molar-refractivity contribution in [1.82, 2.24) is 10.1 Å². The van der Waals surface area contributed by atoms with Crippen LogP contribution in [-0.4, -0.2) is 16.0 Å². The van der Waals surface area contributed by atoms with Crippen molar-refractivity contribution in [3.05, 3.63) is 52.2 Å². The standard InChI is InChI=1S/C19H19N3O2S/c1-11-8-9-14-15(10-11)25-19(20-14)21-18(23)16-12(2)22-24-17(16)13-6-4-3-5-7-13/h3-7,11H,8-10H2,1-2H3,(H,20,21,23)/t11-/m1/s1. The van der Waals surface area contributed by atoms with Crippen molar-refractivity contribution in [3.8, 4) is 11.3 Å². The van der Waals surface area contributed by atoms with Gasteiger partial charge in [0, 0.05) is 10.4 Å². The topological polar surface area (TPSA) is 68.0 Å². The molecule has 0 saturated carbocycles. The van der Waals surface area contributed by atoms with Gasteiger partial charge in [-0.25, -0.2) is 4.98 Å². The number of nitrogens with zero attached hydrogens (tertiary/aromatic N) is 2. The highest BCUT2D eigenvalue weighted by molar-refractivity contribution is 7.15. The number of aromatic nitrogens is 2. The number of benzene rings is 1. The van der Waals surface area contributed by atoms with Crippen LogP contribution in [0.2, 0.25) is 0 Å². The van der Waals surface area contributed by atoms with E-state index in [9.17, 15) is 4.79 Å². The molecule has 5 nitrogen and oxygen atoms in total. The lowest BCUT2D eigenvalue weighted by atomic mass is 9.93. The normalized spacial score (nSPS) is 16.5. The molecule has 0 aliphatic heterocycles. The molecule has 0 fully saturated rings. The fourth-order valence-corrected chi connectivity index (χ4v) is 4.34. The van der Waals surface area contributed by atoms with Gasteiger partial charge in [-0.3, -0.25) is 10.1 Å². The van der Waals surface area contributed by atoms with Crippen LogP contribution in [0.25, 0.3) is 11.3 Å². The average molecular weight is 353 g/mol. The van der Waals surface area contributed by atoms with Crippen LogP contribution in [-0.2, 0) is 12.8 Å². The van der Waals surface area contributed by atoms with Gasteiger partial charge < -0.3 is 4.52 Å². The zero-order valence-electron chi connectivity index (χ0n) is 14.2. The number of nitrogens with one attached hydrogen (secondary N) is 1. The highest BCUT2D eigenvalue weighted by Crippen LogP contribution is 2.33. The Morgan fingerprint density at radius 3 is 2.92 bits per heavy atom. The van der Waals surface area contributed by atoms with Crippen molar-refractivity contribution in [3.63, 3.8) is 0 Å². The Balaban J connectivity index is 1.61. The molecule has 0 spiro atoms. The second kappa shape index (κ2) is 6.44. The molecule has 1 atom stereocenters. The van der Waals surface area contributed by atoms with Crippen LogP contribution in [0, 0.1) is 12.8 Å². The highest BCUT2D eigenvalue weighted by Gasteiger charge is 2.24. The van der Waals surface area contributed by atoms with Gasteiger partial charge in [0.2, 0.25) is 0 Å². The molecule has 0 bridgehead atoms. The number of hydrogen-bond acceptors (Lipinski definition) is 5. The van der Waals surface area contributed by atoms with E-state index in [0.717, 1.165) is 30.5 Å². The van der Waals surface area contributed by atoms with Gasteiger partial charge in [0.1, 0.15) is 5.56 Å². The third kappa shape index (κ3) is 3.09. The molecule has 1 aliphatic rings. The monoisotopic (exact) mass is 353 g/mol. The first kappa shape index (κ1) is 16.0. The van der Waals surface area contributed by atoms with Gasteiger partial charge in [0.25, 0.3) is 5.91 Å². The molecule has 3 aromatic rings. The molecular weight excluding hydrogens is 334 g/mol. The van der Waals surface area contributed by atoms with E-state index in [4.69, 9.17) is 4.52 Å². The van der Waals surface area contributed by atoms with Gasteiger partial charge in [-0.2, -0.15) is 0 Å². The molecule has 6 heteroatoms. The molecule has 128 valence electrons. The summed E-state index contributed by atoms with van der Waals surface area (Å²) in [6, 6.07) is 9.55. The number of aryl methyl sites for hydroxylation is 2. The lowest BCUT2D eigenvalue weighted by Gasteiger charge is -2.15. The van der Waals surface area contributed by atoms with Gasteiger partial charge in [0.05, 0.1) is 11.4 Å². The molecule has 1 amide bonds. The summed E-state index contributed by atoms with van der Waals surface area (Å²) in [7, 11) is 0. The molecule has 2 aromatic heterocycles. The second-order valence-electron chi connectivity index (χ2n) is 6.53. The largest absolute Gasteiger partial charge is 0.355 e. The predicted octanol–water partition coefficient (Wildman–Crippen LogP) is 4.48. The van der Waals surface area contributed by atoms with E-state index in [2.05, 4.69) is 22.4 Å². The van der Waals surface area contributed by atoms with Gasteiger partial charge in [0.15, 0.2) is 10.9 Å². The van der Waals surface area contributed by atoms with Crippen LogP contribution < -0.4 is 5.32 Å². The van der Waals surface area contributed by atoms with Crippen LogP contribution in [0.5, 0.6) is 0 Å². The number of thiazole rings is 1. The van der Waals surface area contributed by atoms with Gasteiger partial charge >= 0.3 is 0 Å². The van der Waals surface area contributed by atoms with Crippen LogP contribution >= 0.6 is 11.3 Å². The van der Waals surface area contributed by atoms with E-state index < -0.39 is 0 Å². The summed E-state index contributed by atoms with van der Waals surface area (Å²) in [5.74, 6) is 0.948. The Morgan fingerprint density at radius 2 is 2.12 bits per heavy atom. The molecule has 1 aromatic carbocycles. The number of carbonyl (C=O) groups is 1. The number of fused-ring (bicyclic) bond motifs is 1. The molecule has 0 unspecified atom stereocenters. The molecule has 0 saturated heterocycles. The Hall–Kier alpha value is -2.47. The van der Waals surface area contributed by atoms with Gasteiger partial charge in [-0.05, 0) is 32.1 Å². The molecular formula is C19H19N3O2S. The summed E-state index contributed by atoms with van der Waals surface area (Å²) in [4.78, 5) is 18.7. The lowest BCUT2D eigenvalue weighted by molar-refractivity contribution is 0.102. The fraction of sp³-hybridized carbons (Fsp3) is 0.316. The zero-order valence-corrected chi connectivity index (χ0v) is 15.0. The van der Waals surface area contributed by atoms with E-state index in [1.807, 2.05) is 30.3 Å². The van der Waals surface area contributed by atoms with Crippen molar-refractivity contribution in [2.24, 2.45) is 5.92 Å². The number of carbonyl (C=O) groups excluding carboxylic acids is 1. The SMILES string of the molecule is Cc1noc(-c2ccccc2)c1C(=O)Nc1nc2c(s1)C[C@H](C)CC2. The summed E-state index contributed by atoms with van der Waals surface area (Å²) in [6.07, 6.45) is 3.20. The molecule has 4 rings (SSSR count). The van der Waals surface area contributed by atoms with Gasteiger partial charge in [-0.15, -0.1) is 11.3 Å². The maximum absolute atomic E-state index is 12.8. The Kier molecular flexibility index (Phi) is 4.13. The first-order chi connectivity index (χ1) is 12.1.